The van der Waals surface area contributed by atoms with Crippen LogP contribution in [-0.4, -0.2) is 39.6 Å². The number of rotatable bonds is 4. The van der Waals surface area contributed by atoms with Gasteiger partial charge in [-0.3, -0.25) is 0 Å². The Bertz CT molecular complexity index is 643. The molecular weight excluding hydrogens is 407 g/mol. The molecule has 4 aliphatic rings. The molecule has 0 aliphatic heterocycles. The molecule has 0 aromatic rings. The number of carboxylic acid groups (broad SMARTS) is 1. The smallest absolute Gasteiger partial charge is 0.550 e. The Hall–Kier alpha value is 0.986. The van der Waals surface area contributed by atoms with Crippen molar-refractivity contribution in [1.82, 2.24) is 0 Å². The summed E-state index contributed by atoms with van der Waals surface area (Å²) in [7, 11) is 0. The molecule has 6 heteroatoms. The zero-order chi connectivity index (χ0) is 21.1. The third-order valence-corrected chi connectivity index (χ3v) is 10.3. The van der Waals surface area contributed by atoms with Crippen LogP contribution in [0.4, 0.5) is 0 Å². The first kappa shape index (κ1) is 25.6. The summed E-state index contributed by atoms with van der Waals surface area (Å²) in [6.07, 6.45) is 5.72. The van der Waals surface area contributed by atoms with Gasteiger partial charge in [0.2, 0.25) is 0 Å². The van der Waals surface area contributed by atoms with Crippen LogP contribution in [0.2, 0.25) is 0 Å². The molecule has 0 saturated heterocycles. The van der Waals surface area contributed by atoms with Crippen LogP contribution >= 0.6 is 0 Å². The van der Waals surface area contributed by atoms with Gasteiger partial charge < -0.3 is 25.2 Å². The van der Waals surface area contributed by atoms with Gasteiger partial charge in [-0.1, -0.05) is 20.8 Å². The third kappa shape index (κ3) is 4.04. The van der Waals surface area contributed by atoms with Gasteiger partial charge in [0, 0.05) is 5.97 Å². The van der Waals surface area contributed by atoms with Crippen LogP contribution in [-0.2, 0) is 4.79 Å². The van der Waals surface area contributed by atoms with E-state index in [1.165, 1.54) is 0 Å². The van der Waals surface area contributed by atoms with Gasteiger partial charge >= 0.3 is 51.4 Å². The quantitative estimate of drug-likeness (QED) is 0.487. The Kier molecular flexibility index (Phi) is 7.96. The average molecular weight is 447 g/mol. The summed E-state index contributed by atoms with van der Waals surface area (Å²) in [6, 6.07) is 0. The number of fused-ring (bicyclic) bond motifs is 5. The zero-order valence-corrected chi connectivity index (χ0v) is 22.3. The van der Waals surface area contributed by atoms with Crippen molar-refractivity contribution < 1.29 is 76.6 Å². The Balaban J connectivity index is 0.00000256. The van der Waals surface area contributed by atoms with Gasteiger partial charge in [-0.2, -0.15) is 0 Å². The standard InChI is InChI=1S/C24H40O5.K/c1-13(4-7-21(28)29)16-5-6-17-22-18(12-20(27)24(16,17)3)23(2)9-8-15(25)10-14(23)11-19(22)26;/h13-20,22,25-27H,4-12H2,1-3H3,(H,28,29);/q;+1/p-1/t13?,14-,15+,16+,17-,18?,19+,20-,22-,23-,24+;/m0./s1. The van der Waals surface area contributed by atoms with Crippen LogP contribution in [0, 0.1) is 46.3 Å². The van der Waals surface area contributed by atoms with E-state index >= 15 is 0 Å². The summed E-state index contributed by atoms with van der Waals surface area (Å²) in [5.41, 5.74) is -0.172. The summed E-state index contributed by atoms with van der Waals surface area (Å²) in [5.74, 6) is 0.635. The summed E-state index contributed by atoms with van der Waals surface area (Å²) in [5, 5.41) is 43.9. The number of aliphatic carboxylic acids is 1. The Labute approximate surface area is 223 Å². The van der Waals surface area contributed by atoms with Crippen LogP contribution in [0.3, 0.4) is 0 Å². The van der Waals surface area contributed by atoms with E-state index in [4.69, 9.17) is 0 Å². The van der Waals surface area contributed by atoms with Gasteiger partial charge in [0.1, 0.15) is 0 Å². The normalized spacial score (nSPS) is 51.1. The summed E-state index contributed by atoms with van der Waals surface area (Å²) >= 11 is 0. The van der Waals surface area contributed by atoms with Crippen molar-refractivity contribution in [3.8, 4) is 0 Å². The molecule has 0 heterocycles. The summed E-state index contributed by atoms with van der Waals surface area (Å²) in [6.45, 7) is 6.67. The van der Waals surface area contributed by atoms with E-state index in [1.807, 2.05) is 0 Å². The molecule has 4 fully saturated rings. The molecule has 0 aromatic heterocycles. The SMILES string of the molecule is CC(CCC(=O)[O-])[C@H]1CC[C@H]2[C@H]3C(C[C@H](O)[C@]12C)[C@@]1(C)CC[C@@H](O)C[C@H]1C[C@H]3O.[K+]. The molecule has 0 amide bonds. The first-order chi connectivity index (χ1) is 13.6. The maximum atomic E-state index is 11.5. The number of carbonyl (C=O) groups excluding carboxylic acids is 1. The second-order valence-electron chi connectivity index (χ2n) is 11.4. The molecule has 0 aromatic carbocycles. The van der Waals surface area contributed by atoms with Gasteiger partial charge in [0.05, 0.1) is 18.3 Å². The minimum atomic E-state index is -0.998. The van der Waals surface area contributed by atoms with E-state index in [-0.39, 0.29) is 105 Å². The van der Waals surface area contributed by atoms with Crippen LogP contribution < -0.4 is 56.5 Å². The van der Waals surface area contributed by atoms with Crippen LogP contribution in [0.15, 0.2) is 0 Å². The fourth-order valence-corrected chi connectivity index (χ4v) is 8.68. The fourth-order valence-electron chi connectivity index (χ4n) is 8.68. The molecule has 166 valence electrons. The molecule has 0 spiro atoms. The van der Waals surface area contributed by atoms with Gasteiger partial charge in [-0.25, -0.2) is 0 Å². The van der Waals surface area contributed by atoms with Crippen molar-refractivity contribution in [3.05, 3.63) is 0 Å². The molecule has 5 nitrogen and oxygen atoms in total. The molecule has 0 bridgehead atoms. The van der Waals surface area contributed by atoms with Crippen molar-refractivity contribution in [2.45, 2.75) is 96.9 Å². The Morgan fingerprint density at radius 3 is 2.43 bits per heavy atom. The Morgan fingerprint density at radius 2 is 1.77 bits per heavy atom. The minimum absolute atomic E-state index is 0. The fraction of sp³-hybridized carbons (Fsp3) is 0.958. The largest absolute Gasteiger partial charge is 1.00 e. The molecule has 11 atom stereocenters. The topological polar surface area (TPSA) is 101 Å². The number of aliphatic hydroxyl groups excluding tert-OH is 3. The van der Waals surface area contributed by atoms with Crippen molar-refractivity contribution in [3.63, 3.8) is 0 Å². The molecule has 4 rings (SSSR count). The average Bonchev–Trinajstić information content (AvgIpc) is 3.01. The number of hydrogen-bond donors (Lipinski definition) is 3. The minimum Gasteiger partial charge on any atom is -0.550 e. The second kappa shape index (κ2) is 9.32. The summed E-state index contributed by atoms with van der Waals surface area (Å²) in [4.78, 5) is 11.0. The van der Waals surface area contributed by atoms with Crippen LogP contribution in [0.5, 0.6) is 0 Å². The van der Waals surface area contributed by atoms with Gasteiger partial charge in [-0.15, -0.1) is 0 Å². The summed E-state index contributed by atoms with van der Waals surface area (Å²) < 4.78 is 0. The maximum absolute atomic E-state index is 11.5. The number of carboxylic acids is 1. The predicted molar refractivity (Wildman–Crippen MR) is 107 cm³/mol. The van der Waals surface area contributed by atoms with E-state index in [2.05, 4.69) is 20.8 Å². The van der Waals surface area contributed by atoms with Crippen molar-refractivity contribution >= 4 is 5.97 Å². The van der Waals surface area contributed by atoms with E-state index in [0.717, 1.165) is 44.9 Å². The van der Waals surface area contributed by atoms with Crippen molar-refractivity contribution in [1.29, 1.82) is 0 Å². The van der Waals surface area contributed by atoms with E-state index in [9.17, 15) is 25.2 Å². The zero-order valence-electron chi connectivity index (χ0n) is 19.2. The molecule has 2 unspecified atom stereocenters. The second-order valence-corrected chi connectivity index (χ2v) is 11.4. The van der Waals surface area contributed by atoms with E-state index in [1.54, 1.807) is 0 Å². The van der Waals surface area contributed by atoms with E-state index in [0.29, 0.717) is 18.3 Å². The van der Waals surface area contributed by atoms with Gasteiger partial charge in [0.25, 0.3) is 0 Å². The number of carbonyl (C=O) groups is 1. The monoisotopic (exact) mass is 446 g/mol. The molecular formula is C24H39KO5. The van der Waals surface area contributed by atoms with Crippen LogP contribution in [0.25, 0.3) is 0 Å². The molecule has 4 saturated carbocycles. The first-order valence-electron chi connectivity index (χ1n) is 11.8. The third-order valence-electron chi connectivity index (χ3n) is 10.3. The maximum Gasteiger partial charge on any atom is 1.00 e. The molecule has 3 N–H and O–H groups in total. The van der Waals surface area contributed by atoms with Gasteiger partial charge in [0.15, 0.2) is 0 Å². The Morgan fingerprint density at radius 1 is 1.07 bits per heavy atom. The number of aliphatic hydroxyl groups is 3. The first-order valence-corrected chi connectivity index (χ1v) is 11.8. The van der Waals surface area contributed by atoms with Crippen LogP contribution in [0.1, 0.15) is 78.6 Å². The van der Waals surface area contributed by atoms with Crippen molar-refractivity contribution in [2.75, 3.05) is 0 Å². The predicted octanol–water partition coefficient (Wildman–Crippen LogP) is -0.882. The van der Waals surface area contributed by atoms with E-state index < -0.39 is 12.1 Å². The molecule has 0 radical (unpaired) electrons. The van der Waals surface area contributed by atoms with Crippen molar-refractivity contribution in [2.24, 2.45) is 46.3 Å². The molecule has 4 aliphatic carbocycles. The molecule has 30 heavy (non-hydrogen) atoms. The van der Waals surface area contributed by atoms with Gasteiger partial charge in [-0.05, 0) is 104 Å². The number of hydrogen-bond acceptors (Lipinski definition) is 5.